The molecule has 4 heterocycles. The minimum Gasteiger partial charge on any atom is -0.260 e. The van der Waals surface area contributed by atoms with Gasteiger partial charge >= 0.3 is 0 Å². The van der Waals surface area contributed by atoms with E-state index in [9.17, 15) is 0 Å². The van der Waals surface area contributed by atoms with E-state index in [1.54, 1.807) is 0 Å². The molecule has 4 heteroatoms. The van der Waals surface area contributed by atoms with Crippen LogP contribution in [0.4, 0.5) is 0 Å². The van der Waals surface area contributed by atoms with Gasteiger partial charge in [-0.1, -0.05) is 36.4 Å². The SMILES string of the molecule is c1ccc2c(c1)Cc1ccc3c(c1-2)-c1cc2c(cc1C3)c1cccnc1n1c3ncccc3nc21. The summed E-state index contributed by atoms with van der Waals surface area (Å²) in [7, 11) is 0. The van der Waals surface area contributed by atoms with Crippen molar-refractivity contribution in [3.63, 3.8) is 0 Å². The van der Waals surface area contributed by atoms with E-state index in [2.05, 4.69) is 64.0 Å². The van der Waals surface area contributed by atoms with Gasteiger partial charge in [0.25, 0.3) is 0 Å². The molecule has 0 N–H and O–H groups in total. The Morgan fingerprint density at radius 2 is 1.31 bits per heavy atom. The number of aromatic nitrogens is 4. The smallest absolute Gasteiger partial charge is 0.166 e. The van der Waals surface area contributed by atoms with E-state index in [1.165, 1.54) is 49.9 Å². The number of nitrogens with zero attached hydrogens (tertiary/aromatic N) is 4. The second kappa shape index (κ2) is 6.10. The number of imidazole rings is 1. The van der Waals surface area contributed by atoms with E-state index < -0.39 is 0 Å². The van der Waals surface area contributed by atoms with Crippen LogP contribution in [0.2, 0.25) is 0 Å². The van der Waals surface area contributed by atoms with Crippen LogP contribution in [0, 0.1) is 0 Å². The first kappa shape index (κ1) is 17.8. The molecule has 7 aromatic rings. The van der Waals surface area contributed by atoms with Gasteiger partial charge in [-0.15, -0.1) is 0 Å². The van der Waals surface area contributed by atoms with E-state index in [4.69, 9.17) is 9.97 Å². The van der Waals surface area contributed by atoms with Crippen LogP contribution in [0.15, 0.2) is 85.2 Å². The normalized spacial score (nSPS) is 13.5. The lowest BCUT2D eigenvalue weighted by Gasteiger charge is -2.12. The molecular weight excluding hydrogens is 428 g/mol. The van der Waals surface area contributed by atoms with Gasteiger partial charge < -0.3 is 0 Å². The maximum Gasteiger partial charge on any atom is 0.166 e. The average molecular weight is 447 g/mol. The van der Waals surface area contributed by atoms with Crippen LogP contribution in [0.3, 0.4) is 0 Å². The van der Waals surface area contributed by atoms with Gasteiger partial charge in [-0.3, -0.25) is 4.40 Å². The van der Waals surface area contributed by atoms with Crippen LogP contribution in [-0.4, -0.2) is 19.4 Å². The zero-order valence-corrected chi connectivity index (χ0v) is 18.8. The molecule has 0 aliphatic heterocycles. The maximum absolute atomic E-state index is 5.04. The van der Waals surface area contributed by atoms with Crippen molar-refractivity contribution in [3.05, 3.63) is 107 Å². The first-order valence-corrected chi connectivity index (χ1v) is 12.0. The fraction of sp³-hybridized carbons (Fsp3) is 0.0645. The number of benzene rings is 3. The van der Waals surface area contributed by atoms with Crippen molar-refractivity contribution >= 4 is 38.6 Å². The Morgan fingerprint density at radius 1 is 0.543 bits per heavy atom. The Balaban J connectivity index is 1.45. The van der Waals surface area contributed by atoms with E-state index in [-0.39, 0.29) is 0 Å². The topological polar surface area (TPSA) is 43.1 Å². The second-order valence-electron chi connectivity index (χ2n) is 9.69. The Labute approximate surface area is 200 Å². The Bertz CT molecular complexity index is 2070. The van der Waals surface area contributed by atoms with Gasteiger partial charge in [0.15, 0.2) is 5.65 Å². The summed E-state index contributed by atoms with van der Waals surface area (Å²) >= 11 is 0. The largest absolute Gasteiger partial charge is 0.260 e. The molecule has 4 aromatic heterocycles. The number of hydrogen-bond acceptors (Lipinski definition) is 3. The van der Waals surface area contributed by atoms with Crippen LogP contribution in [-0.2, 0) is 12.8 Å². The fourth-order valence-electron chi connectivity index (χ4n) is 6.44. The molecule has 0 atom stereocenters. The minimum atomic E-state index is 0.851. The molecule has 0 fully saturated rings. The van der Waals surface area contributed by atoms with Crippen LogP contribution < -0.4 is 0 Å². The summed E-state index contributed by atoms with van der Waals surface area (Å²) < 4.78 is 2.12. The quantitative estimate of drug-likeness (QED) is 0.243. The molecule has 162 valence electrons. The Kier molecular flexibility index (Phi) is 3.11. The molecule has 0 spiro atoms. The molecule has 0 amide bonds. The molecule has 2 aliphatic rings. The van der Waals surface area contributed by atoms with E-state index in [0.29, 0.717) is 0 Å². The molecular formula is C31H18N4. The summed E-state index contributed by atoms with van der Waals surface area (Å²) in [5.41, 5.74) is 14.8. The van der Waals surface area contributed by atoms with Crippen LogP contribution in [0.1, 0.15) is 22.3 Å². The van der Waals surface area contributed by atoms with Gasteiger partial charge in [0, 0.05) is 23.2 Å². The highest BCUT2D eigenvalue weighted by Crippen LogP contribution is 2.50. The minimum absolute atomic E-state index is 0.851. The molecule has 0 saturated carbocycles. The van der Waals surface area contributed by atoms with Crippen LogP contribution in [0.25, 0.3) is 60.9 Å². The van der Waals surface area contributed by atoms with Gasteiger partial charge in [-0.25, -0.2) is 15.0 Å². The maximum atomic E-state index is 5.04. The summed E-state index contributed by atoms with van der Waals surface area (Å²) in [4.78, 5) is 14.5. The zero-order valence-electron chi connectivity index (χ0n) is 18.8. The molecule has 4 nitrogen and oxygen atoms in total. The molecule has 3 aromatic carbocycles. The van der Waals surface area contributed by atoms with E-state index in [1.807, 2.05) is 30.6 Å². The summed E-state index contributed by atoms with van der Waals surface area (Å²) in [5.74, 6) is 0. The molecule has 35 heavy (non-hydrogen) atoms. The highest BCUT2D eigenvalue weighted by molar-refractivity contribution is 6.15. The molecule has 0 unspecified atom stereocenters. The van der Waals surface area contributed by atoms with E-state index >= 15 is 0 Å². The highest BCUT2D eigenvalue weighted by Gasteiger charge is 2.29. The predicted molar refractivity (Wildman–Crippen MR) is 140 cm³/mol. The summed E-state index contributed by atoms with van der Waals surface area (Å²) in [6.45, 7) is 0. The lowest BCUT2D eigenvalue weighted by Crippen LogP contribution is -1.95. The van der Waals surface area contributed by atoms with Crippen molar-refractivity contribution in [1.29, 1.82) is 0 Å². The molecule has 9 rings (SSSR count). The fourth-order valence-corrected chi connectivity index (χ4v) is 6.44. The molecule has 0 saturated heterocycles. The highest BCUT2D eigenvalue weighted by atomic mass is 15.1. The molecule has 0 radical (unpaired) electrons. The zero-order chi connectivity index (χ0) is 22.7. The first-order chi connectivity index (χ1) is 17.3. The summed E-state index contributed by atoms with van der Waals surface area (Å²) in [5, 5.41) is 3.49. The lowest BCUT2D eigenvalue weighted by atomic mass is 9.92. The number of rotatable bonds is 0. The van der Waals surface area contributed by atoms with Crippen LogP contribution >= 0.6 is 0 Å². The van der Waals surface area contributed by atoms with Crippen molar-refractivity contribution < 1.29 is 0 Å². The second-order valence-corrected chi connectivity index (χ2v) is 9.69. The third-order valence-electron chi connectivity index (χ3n) is 7.88. The third kappa shape index (κ3) is 2.15. The lowest BCUT2D eigenvalue weighted by molar-refractivity contribution is 1.19. The van der Waals surface area contributed by atoms with Gasteiger partial charge in [-0.05, 0) is 99.1 Å². The predicted octanol–water partition coefficient (Wildman–Crippen LogP) is 6.73. The van der Waals surface area contributed by atoms with Crippen LogP contribution in [0.5, 0.6) is 0 Å². The van der Waals surface area contributed by atoms with Crippen molar-refractivity contribution in [2.75, 3.05) is 0 Å². The number of fused-ring (bicyclic) bond motifs is 15. The van der Waals surface area contributed by atoms with E-state index in [0.717, 1.165) is 46.1 Å². The van der Waals surface area contributed by atoms with Gasteiger partial charge in [0.1, 0.15) is 16.8 Å². The Morgan fingerprint density at radius 3 is 2.23 bits per heavy atom. The van der Waals surface area contributed by atoms with Crippen molar-refractivity contribution in [3.8, 4) is 22.3 Å². The number of pyridine rings is 3. The first-order valence-electron chi connectivity index (χ1n) is 12.0. The van der Waals surface area contributed by atoms with Gasteiger partial charge in [0.05, 0.1) is 0 Å². The van der Waals surface area contributed by atoms with Crippen molar-refractivity contribution in [2.24, 2.45) is 0 Å². The van der Waals surface area contributed by atoms with Crippen molar-refractivity contribution in [2.45, 2.75) is 12.8 Å². The summed E-state index contributed by atoms with van der Waals surface area (Å²) in [6.07, 6.45) is 5.65. The van der Waals surface area contributed by atoms with Gasteiger partial charge in [0.2, 0.25) is 0 Å². The monoisotopic (exact) mass is 446 g/mol. The molecule has 0 bridgehead atoms. The van der Waals surface area contributed by atoms with Crippen molar-refractivity contribution in [1.82, 2.24) is 19.4 Å². The Hall–Kier alpha value is -4.57. The average Bonchev–Trinajstić information content (AvgIpc) is 3.58. The van der Waals surface area contributed by atoms with Gasteiger partial charge in [-0.2, -0.15) is 0 Å². The number of hydrogen-bond donors (Lipinski definition) is 0. The summed E-state index contributed by atoms with van der Waals surface area (Å²) in [6, 6.07) is 26.5. The third-order valence-corrected chi connectivity index (χ3v) is 7.88. The standard InChI is InChI=1S/C31H18N4/c1-2-6-21-17(5-1)13-18-9-10-19-14-20-15-24-22-7-3-11-32-29(22)35-30(34-26-8-4-12-33-31(26)35)25(24)16-23(20)28(19)27(18)21/h1-12,15-16H,13-14H2. The molecule has 2 aliphatic carbocycles.